The molecule has 1 aliphatic rings. The molecule has 90 valence electrons. The van der Waals surface area contributed by atoms with Crippen molar-refractivity contribution in [2.45, 2.75) is 59.3 Å². The second-order valence-corrected chi connectivity index (χ2v) is 5.47. The Morgan fingerprint density at radius 3 is 2.27 bits per heavy atom. The summed E-state index contributed by atoms with van der Waals surface area (Å²) in [5.41, 5.74) is 0. The molecule has 1 rings (SSSR count). The Kier molecular flexibility index (Phi) is 5.01. The molecular weight excluding hydrogens is 194 g/mol. The summed E-state index contributed by atoms with van der Waals surface area (Å²) >= 11 is 0. The highest BCUT2D eigenvalue weighted by Gasteiger charge is 2.32. The summed E-state index contributed by atoms with van der Waals surface area (Å²) in [4.78, 5) is 0. The van der Waals surface area contributed by atoms with Crippen LogP contribution >= 0.6 is 0 Å². The molecule has 1 fully saturated rings. The number of rotatable bonds is 3. The summed E-state index contributed by atoms with van der Waals surface area (Å²) in [6, 6.07) is 0. The van der Waals surface area contributed by atoms with Crippen LogP contribution in [0.3, 0.4) is 0 Å². The van der Waals surface area contributed by atoms with Crippen molar-refractivity contribution in [1.82, 2.24) is 0 Å². The van der Waals surface area contributed by atoms with Crippen LogP contribution in [0, 0.1) is 23.7 Å². The number of halogens is 2. The van der Waals surface area contributed by atoms with Gasteiger partial charge in [0.25, 0.3) is 0 Å². The molecule has 0 aliphatic heterocycles. The van der Waals surface area contributed by atoms with Crippen molar-refractivity contribution in [1.29, 1.82) is 0 Å². The van der Waals surface area contributed by atoms with Crippen LogP contribution in [0.1, 0.15) is 52.9 Å². The van der Waals surface area contributed by atoms with Gasteiger partial charge in [-0.3, -0.25) is 0 Å². The highest BCUT2D eigenvalue weighted by atomic mass is 19.3. The minimum Gasteiger partial charge on any atom is -0.211 e. The molecule has 0 N–H and O–H groups in total. The molecule has 0 aromatic carbocycles. The van der Waals surface area contributed by atoms with Crippen LogP contribution in [0.4, 0.5) is 8.78 Å². The van der Waals surface area contributed by atoms with Crippen LogP contribution in [0.25, 0.3) is 0 Å². The van der Waals surface area contributed by atoms with E-state index in [2.05, 4.69) is 20.8 Å². The molecule has 0 heterocycles. The topological polar surface area (TPSA) is 0 Å². The Bertz CT molecular complexity index is 177. The molecule has 0 aromatic rings. The first-order valence-electron chi connectivity index (χ1n) is 6.30. The third kappa shape index (κ3) is 3.73. The molecule has 0 saturated heterocycles. The number of alkyl halides is 2. The average molecular weight is 218 g/mol. The van der Waals surface area contributed by atoms with Crippen LogP contribution in [0.2, 0.25) is 0 Å². The molecule has 0 spiro atoms. The van der Waals surface area contributed by atoms with Gasteiger partial charge in [0.15, 0.2) is 0 Å². The van der Waals surface area contributed by atoms with Crippen molar-refractivity contribution < 1.29 is 8.78 Å². The maximum Gasteiger partial charge on any atom is 0.238 e. The van der Waals surface area contributed by atoms with E-state index in [1.807, 2.05) is 0 Å². The first-order chi connectivity index (χ1) is 7.02. The van der Waals surface area contributed by atoms with Gasteiger partial charge < -0.3 is 0 Å². The molecule has 0 aromatic heterocycles. The molecule has 0 amide bonds. The Morgan fingerprint density at radius 1 is 1.13 bits per heavy atom. The maximum atomic E-state index is 12.5. The Hall–Kier alpha value is -0.140. The minimum absolute atomic E-state index is 0.118. The zero-order valence-electron chi connectivity index (χ0n) is 10.2. The lowest BCUT2D eigenvalue weighted by atomic mass is 9.73. The van der Waals surface area contributed by atoms with Gasteiger partial charge in [-0.2, -0.15) is 0 Å². The molecular formula is C13H24F2. The number of hydrogen-bond acceptors (Lipinski definition) is 0. The summed E-state index contributed by atoms with van der Waals surface area (Å²) in [7, 11) is 0. The van der Waals surface area contributed by atoms with E-state index in [4.69, 9.17) is 0 Å². The lowest BCUT2D eigenvalue weighted by Crippen LogP contribution is -2.26. The van der Waals surface area contributed by atoms with Crippen LogP contribution in [0.5, 0.6) is 0 Å². The fraction of sp³-hybridized carbons (Fsp3) is 1.00. The van der Waals surface area contributed by atoms with Gasteiger partial charge in [0.1, 0.15) is 0 Å². The summed E-state index contributed by atoms with van der Waals surface area (Å²) in [5.74, 6) is 1.92. The molecule has 1 aliphatic carbocycles. The first-order valence-corrected chi connectivity index (χ1v) is 6.30. The zero-order valence-corrected chi connectivity index (χ0v) is 10.2. The predicted molar refractivity (Wildman–Crippen MR) is 60.1 cm³/mol. The SMILES string of the molecule is CC(C)C1C(C)CCCCC1CC(F)F. The summed E-state index contributed by atoms with van der Waals surface area (Å²) in [5, 5.41) is 0. The van der Waals surface area contributed by atoms with Gasteiger partial charge in [0.2, 0.25) is 6.43 Å². The molecule has 3 atom stereocenters. The molecule has 15 heavy (non-hydrogen) atoms. The summed E-state index contributed by atoms with van der Waals surface area (Å²) in [6.07, 6.45) is 2.60. The number of hydrogen-bond donors (Lipinski definition) is 0. The predicted octanol–water partition coefficient (Wildman–Crippen LogP) is 4.74. The van der Waals surface area contributed by atoms with Crippen molar-refractivity contribution in [3.8, 4) is 0 Å². The van der Waals surface area contributed by atoms with E-state index in [0.29, 0.717) is 17.8 Å². The van der Waals surface area contributed by atoms with Crippen LogP contribution < -0.4 is 0 Å². The van der Waals surface area contributed by atoms with Gasteiger partial charge in [-0.15, -0.1) is 0 Å². The molecule has 0 bridgehead atoms. The second kappa shape index (κ2) is 5.81. The van der Waals surface area contributed by atoms with Crippen molar-refractivity contribution in [2.24, 2.45) is 23.7 Å². The van der Waals surface area contributed by atoms with Gasteiger partial charge in [0.05, 0.1) is 0 Å². The highest BCUT2D eigenvalue weighted by Crippen LogP contribution is 2.40. The molecule has 0 nitrogen and oxygen atoms in total. The van der Waals surface area contributed by atoms with Crippen LogP contribution in [-0.4, -0.2) is 6.43 Å². The monoisotopic (exact) mass is 218 g/mol. The summed E-state index contributed by atoms with van der Waals surface area (Å²) < 4.78 is 25.0. The zero-order chi connectivity index (χ0) is 11.4. The third-order valence-corrected chi connectivity index (χ3v) is 3.94. The van der Waals surface area contributed by atoms with Gasteiger partial charge in [-0.05, 0) is 30.1 Å². The van der Waals surface area contributed by atoms with E-state index >= 15 is 0 Å². The van der Waals surface area contributed by atoms with E-state index in [1.165, 1.54) is 12.8 Å². The normalized spacial score (nSPS) is 33.4. The van der Waals surface area contributed by atoms with Crippen molar-refractivity contribution in [3.63, 3.8) is 0 Å². The van der Waals surface area contributed by atoms with Gasteiger partial charge >= 0.3 is 0 Å². The van der Waals surface area contributed by atoms with Gasteiger partial charge in [-0.1, -0.05) is 40.0 Å². The largest absolute Gasteiger partial charge is 0.238 e. The van der Waals surface area contributed by atoms with Crippen molar-refractivity contribution >= 4 is 0 Å². The minimum atomic E-state index is -2.12. The first kappa shape index (κ1) is 12.9. The smallest absolute Gasteiger partial charge is 0.211 e. The van der Waals surface area contributed by atoms with E-state index in [9.17, 15) is 8.78 Å². The maximum absolute atomic E-state index is 12.5. The Balaban J connectivity index is 2.68. The van der Waals surface area contributed by atoms with Crippen LogP contribution in [-0.2, 0) is 0 Å². The molecule has 3 unspecified atom stereocenters. The lowest BCUT2D eigenvalue weighted by Gasteiger charge is -2.33. The third-order valence-electron chi connectivity index (χ3n) is 3.94. The van der Waals surface area contributed by atoms with Gasteiger partial charge in [0, 0.05) is 6.42 Å². The van der Waals surface area contributed by atoms with Crippen LogP contribution in [0.15, 0.2) is 0 Å². The fourth-order valence-corrected chi connectivity index (χ4v) is 3.43. The molecule has 0 radical (unpaired) electrons. The standard InChI is InChI=1S/C13H24F2/c1-9(2)13-10(3)6-4-5-7-11(13)8-12(14)15/h9-13H,4-8H2,1-3H3. The molecule has 1 saturated carbocycles. The average Bonchev–Trinajstić information content (AvgIpc) is 2.26. The van der Waals surface area contributed by atoms with E-state index in [1.54, 1.807) is 0 Å². The van der Waals surface area contributed by atoms with E-state index in [-0.39, 0.29) is 12.3 Å². The quantitative estimate of drug-likeness (QED) is 0.600. The Labute approximate surface area is 92.4 Å². The second-order valence-electron chi connectivity index (χ2n) is 5.47. The van der Waals surface area contributed by atoms with E-state index < -0.39 is 6.43 Å². The lowest BCUT2D eigenvalue weighted by molar-refractivity contribution is 0.0708. The summed E-state index contributed by atoms with van der Waals surface area (Å²) in [6.45, 7) is 6.62. The highest BCUT2D eigenvalue weighted by molar-refractivity contribution is 4.81. The van der Waals surface area contributed by atoms with Crippen molar-refractivity contribution in [2.75, 3.05) is 0 Å². The fourth-order valence-electron chi connectivity index (χ4n) is 3.43. The van der Waals surface area contributed by atoms with Gasteiger partial charge in [-0.25, -0.2) is 8.78 Å². The van der Waals surface area contributed by atoms with Crippen molar-refractivity contribution in [3.05, 3.63) is 0 Å². The Morgan fingerprint density at radius 2 is 1.73 bits per heavy atom. The van der Waals surface area contributed by atoms with E-state index in [0.717, 1.165) is 12.8 Å². The molecule has 2 heteroatoms.